The quantitative estimate of drug-likeness (QED) is 0.219. The van der Waals surface area contributed by atoms with E-state index in [1.165, 1.54) is 0 Å². The van der Waals surface area contributed by atoms with Crippen molar-refractivity contribution in [1.82, 2.24) is 0 Å². The molecule has 1 aromatic heterocycles. The number of carbonyl (C=O) groups is 4. The van der Waals surface area contributed by atoms with Crippen LogP contribution in [0.3, 0.4) is 0 Å². The van der Waals surface area contributed by atoms with Crippen LogP contribution in [0.1, 0.15) is 90.9 Å². The SMILES string of the molecule is CCC(=O)OC1C(=O)[C@]2(C)C(O)C[C@H](C)OCC23C[C@]2(O)C[C@H](OC(=O)CCc4cccs4)C(C)=C1[C@]32C.NC(=O)OC1CCC1. The zero-order valence-corrected chi connectivity index (χ0v) is 28.2. The predicted octanol–water partition coefficient (Wildman–Crippen LogP) is 4.15. The number of ketones is 1. The summed E-state index contributed by atoms with van der Waals surface area (Å²) >= 11 is 1.58. The van der Waals surface area contributed by atoms with E-state index in [1.54, 1.807) is 32.1 Å². The highest BCUT2D eigenvalue weighted by Gasteiger charge is 2.85. The summed E-state index contributed by atoms with van der Waals surface area (Å²) < 4.78 is 22.5. The molecule has 1 saturated heterocycles. The van der Waals surface area contributed by atoms with Crippen molar-refractivity contribution in [1.29, 1.82) is 0 Å². The Labute approximate surface area is 273 Å². The summed E-state index contributed by atoms with van der Waals surface area (Å²) in [6.45, 7) is 9.13. The van der Waals surface area contributed by atoms with E-state index in [9.17, 15) is 29.4 Å². The van der Waals surface area contributed by atoms with Gasteiger partial charge in [-0.1, -0.05) is 19.9 Å². The first-order valence-corrected chi connectivity index (χ1v) is 17.2. The predicted molar refractivity (Wildman–Crippen MR) is 168 cm³/mol. The molecule has 46 heavy (non-hydrogen) atoms. The molecule has 5 aliphatic rings. The Morgan fingerprint density at radius 1 is 1.15 bits per heavy atom. The fraction of sp³-hybridized carbons (Fsp3) is 0.706. The Hall–Kier alpha value is -2.80. The topological polar surface area (TPSA) is 172 Å². The lowest BCUT2D eigenvalue weighted by Gasteiger charge is -2.77. The van der Waals surface area contributed by atoms with E-state index in [1.807, 2.05) is 31.4 Å². The van der Waals surface area contributed by atoms with Gasteiger partial charge >= 0.3 is 18.0 Å². The summed E-state index contributed by atoms with van der Waals surface area (Å²) in [5.74, 6) is -1.32. The number of aliphatic hydroxyl groups is 2. The monoisotopic (exact) mass is 661 g/mol. The first-order chi connectivity index (χ1) is 21.6. The van der Waals surface area contributed by atoms with Crippen molar-refractivity contribution >= 4 is 35.2 Å². The molecule has 4 N–H and O–H groups in total. The van der Waals surface area contributed by atoms with Crippen LogP contribution >= 0.6 is 11.3 Å². The Bertz CT molecular complexity index is 1390. The molecule has 254 valence electrons. The third-order valence-corrected chi connectivity index (χ3v) is 12.5. The highest BCUT2D eigenvalue weighted by atomic mass is 32.1. The number of thiophene rings is 1. The van der Waals surface area contributed by atoms with Gasteiger partial charge in [-0.15, -0.1) is 11.3 Å². The fourth-order valence-corrected chi connectivity index (χ4v) is 9.26. The number of amides is 1. The summed E-state index contributed by atoms with van der Waals surface area (Å²) in [6.07, 6.45) is 0.730. The van der Waals surface area contributed by atoms with Crippen LogP contribution in [0, 0.1) is 16.2 Å². The normalized spacial score (nSPS) is 38.0. The van der Waals surface area contributed by atoms with Gasteiger partial charge in [0.1, 0.15) is 12.2 Å². The van der Waals surface area contributed by atoms with E-state index in [0.717, 1.165) is 24.1 Å². The van der Waals surface area contributed by atoms with E-state index in [2.05, 4.69) is 4.74 Å². The third-order valence-electron chi connectivity index (χ3n) is 11.6. The van der Waals surface area contributed by atoms with E-state index in [-0.39, 0.29) is 62.7 Å². The molecule has 1 aliphatic heterocycles. The lowest BCUT2D eigenvalue weighted by molar-refractivity contribution is -0.324. The summed E-state index contributed by atoms with van der Waals surface area (Å²) in [5, 5.41) is 25.5. The molecule has 3 unspecified atom stereocenters. The Morgan fingerprint density at radius 3 is 2.43 bits per heavy atom. The standard InChI is InChI=1S/C29H38O8S.C5H9NO2/c1-6-21(31)37-24-23-17(3)19(36-22(32)10-9-18-8-7-11-38-18)13-29(34)14-28(27(23,29)5)15-35-16(2)12-20(30)26(28,4)25(24)33;6-5(7)8-4-2-1-3-4/h7-8,11,16,19-20,24,30,34H,6,9-10,12-15H2,1-5H3;4H,1-3H2,(H2,6,7)/t16-,19-,20?,24?,26-,27+,28?,29+;/m0./s1. The van der Waals surface area contributed by atoms with Crippen LogP contribution in [0.15, 0.2) is 28.7 Å². The van der Waals surface area contributed by atoms with Crippen molar-refractivity contribution in [2.24, 2.45) is 22.0 Å². The van der Waals surface area contributed by atoms with Gasteiger partial charge in [-0.25, -0.2) is 4.79 Å². The Kier molecular flexibility index (Phi) is 9.51. The number of Topliss-reactive ketones (excluding diaryl/α,β-unsaturated/α-hetero) is 1. The van der Waals surface area contributed by atoms with Gasteiger partial charge < -0.3 is 34.9 Å². The average Bonchev–Trinajstić information content (AvgIpc) is 3.48. The van der Waals surface area contributed by atoms with Crippen molar-refractivity contribution in [3.8, 4) is 0 Å². The smallest absolute Gasteiger partial charge is 0.404 e. The molecule has 0 bridgehead atoms. The first kappa shape index (κ1) is 34.5. The molecule has 6 rings (SSSR count). The van der Waals surface area contributed by atoms with E-state index < -0.39 is 52.2 Å². The van der Waals surface area contributed by atoms with Gasteiger partial charge in [0, 0.05) is 35.0 Å². The molecule has 1 spiro atoms. The summed E-state index contributed by atoms with van der Waals surface area (Å²) in [6, 6.07) is 3.90. The summed E-state index contributed by atoms with van der Waals surface area (Å²) in [4.78, 5) is 50.8. The molecule has 1 aromatic rings. The van der Waals surface area contributed by atoms with Gasteiger partial charge in [0.15, 0.2) is 11.9 Å². The minimum atomic E-state index is -1.34. The molecular formula is C34H47NO10S. The fourth-order valence-electron chi connectivity index (χ4n) is 8.55. The van der Waals surface area contributed by atoms with Crippen LogP contribution in [-0.2, 0) is 39.8 Å². The van der Waals surface area contributed by atoms with Crippen molar-refractivity contribution in [3.05, 3.63) is 33.5 Å². The van der Waals surface area contributed by atoms with Crippen molar-refractivity contribution in [2.75, 3.05) is 6.61 Å². The van der Waals surface area contributed by atoms with Gasteiger partial charge in [0.2, 0.25) is 0 Å². The molecule has 4 fully saturated rings. The molecule has 8 atom stereocenters. The van der Waals surface area contributed by atoms with Gasteiger partial charge in [-0.3, -0.25) is 14.4 Å². The summed E-state index contributed by atoms with van der Waals surface area (Å²) in [5.41, 5.74) is 1.28. The van der Waals surface area contributed by atoms with E-state index in [0.29, 0.717) is 17.6 Å². The van der Waals surface area contributed by atoms with Crippen LogP contribution in [0.25, 0.3) is 0 Å². The number of nitrogens with two attached hydrogens (primary N) is 1. The number of hydrogen-bond donors (Lipinski definition) is 3. The summed E-state index contributed by atoms with van der Waals surface area (Å²) in [7, 11) is 0. The zero-order chi connectivity index (χ0) is 33.7. The van der Waals surface area contributed by atoms with E-state index >= 15 is 0 Å². The molecule has 4 aliphatic carbocycles. The number of ether oxygens (including phenoxy) is 4. The Morgan fingerprint density at radius 2 is 1.87 bits per heavy atom. The third kappa shape index (κ3) is 5.38. The van der Waals surface area contributed by atoms with Crippen LogP contribution in [0.2, 0.25) is 0 Å². The second-order valence-corrected chi connectivity index (χ2v) is 15.0. The minimum Gasteiger partial charge on any atom is -0.458 e. The van der Waals surface area contributed by atoms with Crippen LogP contribution in [0.4, 0.5) is 4.79 Å². The van der Waals surface area contributed by atoms with Crippen LogP contribution < -0.4 is 5.73 Å². The molecule has 0 radical (unpaired) electrons. The highest BCUT2D eigenvalue weighted by Crippen LogP contribution is 2.80. The van der Waals surface area contributed by atoms with Crippen molar-refractivity contribution < 1.29 is 48.3 Å². The van der Waals surface area contributed by atoms with E-state index in [4.69, 9.17) is 19.9 Å². The first-order valence-electron chi connectivity index (χ1n) is 16.3. The van der Waals surface area contributed by atoms with Gasteiger partial charge in [0.05, 0.1) is 36.3 Å². The molecule has 3 saturated carbocycles. The maximum absolute atomic E-state index is 14.3. The molecule has 2 heterocycles. The maximum Gasteiger partial charge on any atom is 0.404 e. The van der Waals surface area contributed by atoms with Crippen molar-refractivity contribution in [2.45, 2.75) is 129 Å². The second kappa shape index (κ2) is 12.7. The van der Waals surface area contributed by atoms with Gasteiger partial charge in [0.25, 0.3) is 0 Å². The molecule has 0 aromatic carbocycles. The average molecular weight is 662 g/mol. The van der Waals surface area contributed by atoms with Gasteiger partial charge in [-0.05, 0) is 75.5 Å². The number of carbonyl (C=O) groups excluding carboxylic acids is 4. The number of esters is 2. The largest absolute Gasteiger partial charge is 0.458 e. The Balaban J connectivity index is 0.000000455. The minimum absolute atomic E-state index is 0.0722. The number of rotatable bonds is 7. The molecule has 12 heteroatoms. The molecular weight excluding hydrogens is 614 g/mol. The number of aryl methyl sites for hydroxylation is 1. The lowest BCUT2D eigenvalue weighted by Crippen LogP contribution is -2.84. The second-order valence-electron chi connectivity index (χ2n) is 13.9. The zero-order valence-electron chi connectivity index (χ0n) is 27.3. The number of hydrogen-bond acceptors (Lipinski definition) is 11. The number of primary amides is 1. The number of aliphatic hydroxyl groups excluding tert-OH is 1. The van der Waals surface area contributed by atoms with Crippen molar-refractivity contribution in [3.63, 3.8) is 0 Å². The van der Waals surface area contributed by atoms with Gasteiger partial charge in [-0.2, -0.15) is 0 Å². The lowest BCUT2D eigenvalue weighted by atomic mass is 9.27. The molecule has 1 amide bonds. The molecule has 11 nitrogen and oxygen atoms in total. The highest BCUT2D eigenvalue weighted by molar-refractivity contribution is 7.09. The maximum atomic E-state index is 14.3. The van der Waals surface area contributed by atoms with Crippen LogP contribution in [0.5, 0.6) is 0 Å². The van der Waals surface area contributed by atoms with Crippen LogP contribution in [-0.4, -0.2) is 76.8 Å².